The fourth-order valence-electron chi connectivity index (χ4n) is 1.91. The number of nitrogens with one attached hydrogen (secondary N) is 1. The second-order valence-electron chi connectivity index (χ2n) is 4.47. The van der Waals surface area contributed by atoms with Crippen LogP contribution in [0, 0.1) is 0 Å². The monoisotopic (exact) mass is 270 g/mol. The number of hydrogen-bond acceptors (Lipinski definition) is 4. The van der Waals surface area contributed by atoms with Gasteiger partial charge in [-0.15, -0.1) is 0 Å². The summed E-state index contributed by atoms with van der Waals surface area (Å²) in [4.78, 5) is 3.99. The number of nitrogens with zero attached hydrogens (tertiary/aromatic N) is 2. The summed E-state index contributed by atoms with van der Waals surface area (Å²) in [6, 6.07) is 11.7. The highest BCUT2D eigenvalue weighted by Gasteiger charge is 2.00. The van der Waals surface area contributed by atoms with E-state index in [0.29, 0.717) is 0 Å². The topological polar surface area (TPSA) is 83.5 Å². The molecule has 0 aliphatic rings. The summed E-state index contributed by atoms with van der Waals surface area (Å²) in [5.41, 5.74) is 8.65. The van der Waals surface area contributed by atoms with Gasteiger partial charge in [0, 0.05) is 24.5 Å². The minimum atomic E-state index is 0.128. The Morgan fingerprint density at radius 1 is 1.20 bits per heavy atom. The van der Waals surface area contributed by atoms with Gasteiger partial charge >= 0.3 is 0 Å². The summed E-state index contributed by atoms with van der Waals surface area (Å²) in [5.74, 6) is 0.128. The van der Waals surface area contributed by atoms with E-state index in [9.17, 15) is 0 Å². The van der Waals surface area contributed by atoms with Crippen molar-refractivity contribution in [2.45, 2.75) is 13.0 Å². The zero-order valence-electron chi connectivity index (χ0n) is 11.2. The summed E-state index contributed by atoms with van der Waals surface area (Å²) in [7, 11) is 0. The Balaban J connectivity index is 1.82. The van der Waals surface area contributed by atoms with Gasteiger partial charge in [0.25, 0.3) is 0 Å². The van der Waals surface area contributed by atoms with Crippen LogP contribution in [0.4, 0.5) is 0 Å². The van der Waals surface area contributed by atoms with Crippen LogP contribution < -0.4 is 11.1 Å². The fourth-order valence-corrected chi connectivity index (χ4v) is 1.91. The summed E-state index contributed by atoms with van der Waals surface area (Å²) in [6.07, 6.45) is 4.56. The van der Waals surface area contributed by atoms with E-state index in [-0.39, 0.29) is 5.84 Å². The van der Waals surface area contributed by atoms with Crippen LogP contribution in [0.25, 0.3) is 0 Å². The number of nitrogens with two attached hydrogens (primary N) is 1. The number of rotatable bonds is 6. The molecule has 5 heteroatoms. The number of pyridine rings is 1. The van der Waals surface area contributed by atoms with Crippen molar-refractivity contribution in [1.29, 1.82) is 0 Å². The summed E-state index contributed by atoms with van der Waals surface area (Å²) < 4.78 is 0. The lowest BCUT2D eigenvalue weighted by Crippen LogP contribution is -2.18. The van der Waals surface area contributed by atoms with Gasteiger partial charge in [-0.25, -0.2) is 0 Å². The van der Waals surface area contributed by atoms with Gasteiger partial charge in [0.1, 0.15) is 0 Å². The van der Waals surface area contributed by atoms with E-state index in [1.165, 1.54) is 5.56 Å². The first-order valence-corrected chi connectivity index (χ1v) is 6.46. The van der Waals surface area contributed by atoms with Crippen molar-refractivity contribution >= 4 is 5.84 Å². The molecule has 1 aromatic carbocycles. The Bertz CT molecular complexity index is 569. The second-order valence-corrected chi connectivity index (χ2v) is 4.47. The Labute approximate surface area is 118 Å². The average Bonchev–Trinajstić information content (AvgIpc) is 2.52. The highest BCUT2D eigenvalue weighted by Crippen LogP contribution is 2.05. The lowest BCUT2D eigenvalue weighted by molar-refractivity contribution is 0.318. The first kappa shape index (κ1) is 14.0. The smallest absolute Gasteiger partial charge is 0.170 e. The lowest BCUT2D eigenvalue weighted by Gasteiger charge is -2.06. The van der Waals surface area contributed by atoms with Crippen LogP contribution in [0.3, 0.4) is 0 Å². The maximum atomic E-state index is 8.66. The van der Waals surface area contributed by atoms with E-state index < -0.39 is 0 Å². The van der Waals surface area contributed by atoms with Crippen LogP contribution in [-0.2, 0) is 13.0 Å². The van der Waals surface area contributed by atoms with Gasteiger partial charge in [-0.3, -0.25) is 4.98 Å². The van der Waals surface area contributed by atoms with Crippen LogP contribution in [0.15, 0.2) is 53.9 Å². The fraction of sp³-hybridized carbons (Fsp3) is 0.200. The molecule has 2 rings (SSSR count). The molecule has 0 aliphatic heterocycles. The summed E-state index contributed by atoms with van der Waals surface area (Å²) in [6.45, 7) is 1.63. The van der Waals surface area contributed by atoms with Gasteiger partial charge in [-0.05, 0) is 42.3 Å². The van der Waals surface area contributed by atoms with Crippen molar-refractivity contribution in [3.63, 3.8) is 0 Å². The van der Waals surface area contributed by atoms with E-state index in [0.717, 1.165) is 30.6 Å². The summed E-state index contributed by atoms with van der Waals surface area (Å²) in [5, 5.41) is 15.0. The van der Waals surface area contributed by atoms with Gasteiger partial charge in [-0.1, -0.05) is 23.4 Å². The van der Waals surface area contributed by atoms with Crippen molar-refractivity contribution in [1.82, 2.24) is 10.3 Å². The molecule has 1 aromatic heterocycles. The number of benzene rings is 1. The molecule has 0 fully saturated rings. The molecule has 0 radical (unpaired) electrons. The molecule has 0 aliphatic carbocycles. The molecule has 0 atom stereocenters. The molecule has 0 unspecified atom stereocenters. The van der Waals surface area contributed by atoms with E-state index in [1.54, 1.807) is 12.4 Å². The predicted octanol–water partition coefficient (Wildman–Crippen LogP) is 1.51. The molecule has 1 heterocycles. The molecule has 5 nitrogen and oxygen atoms in total. The predicted molar refractivity (Wildman–Crippen MR) is 78.6 cm³/mol. The van der Waals surface area contributed by atoms with Gasteiger partial charge in [0.15, 0.2) is 5.84 Å². The third kappa shape index (κ3) is 4.07. The molecule has 0 spiro atoms. The van der Waals surface area contributed by atoms with E-state index >= 15 is 0 Å². The molecule has 0 amide bonds. The van der Waals surface area contributed by atoms with Crippen molar-refractivity contribution in [3.8, 4) is 0 Å². The third-order valence-corrected chi connectivity index (χ3v) is 3.00. The molecule has 0 bridgehead atoms. The van der Waals surface area contributed by atoms with Crippen LogP contribution in [0.2, 0.25) is 0 Å². The highest BCUT2D eigenvalue weighted by molar-refractivity contribution is 5.97. The second kappa shape index (κ2) is 7.25. The minimum Gasteiger partial charge on any atom is -0.409 e. The Hall–Kier alpha value is -2.40. The Kier molecular flexibility index (Phi) is 5.08. The highest BCUT2D eigenvalue weighted by atomic mass is 16.4. The van der Waals surface area contributed by atoms with E-state index in [1.807, 2.05) is 36.4 Å². The molecule has 4 N–H and O–H groups in total. The van der Waals surface area contributed by atoms with Crippen LogP contribution in [0.1, 0.15) is 16.7 Å². The van der Waals surface area contributed by atoms with Crippen molar-refractivity contribution in [2.75, 3.05) is 6.54 Å². The molecular formula is C15H18N4O. The summed E-state index contributed by atoms with van der Waals surface area (Å²) >= 11 is 0. The minimum absolute atomic E-state index is 0.128. The van der Waals surface area contributed by atoms with E-state index in [4.69, 9.17) is 10.9 Å². The molecule has 0 saturated carbocycles. The third-order valence-electron chi connectivity index (χ3n) is 3.00. The SMILES string of the molecule is NC(=NO)c1cccc(CNCCc2ccncc2)c1. The largest absolute Gasteiger partial charge is 0.409 e. The first-order chi connectivity index (χ1) is 9.79. The standard InChI is InChI=1S/C15H18N4O/c16-15(19-20)14-3-1-2-13(10-14)11-18-9-6-12-4-7-17-8-5-12/h1-5,7-8,10,18,20H,6,9,11H2,(H2,16,19). The Morgan fingerprint density at radius 3 is 2.75 bits per heavy atom. The molecule has 104 valence electrons. The Morgan fingerprint density at radius 2 is 2.00 bits per heavy atom. The maximum Gasteiger partial charge on any atom is 0.170 e. The van der Waals surface area contributed by atoms with Crippen LogP contribution in [0.5, 0.6) is 0 Å². The van der Waals surface area contributed by atoms with Crippen LogP contribution >= 0.6 is 0 Å². The number of amidine groups is 1. The van der Waals surface area contributed by atoms with E-state index in [2.05, 4.69) is 15.5 Å². The zero-order chi connectivity index (χ0) is 14.2. The zero-order valence-corrected chi connectivity index (χ0v) is 11.2. The van der Waals surface area contributed by atoms with Gasteiger partial charge in [0.05, 0.1) is 0 Å². The number of oxime groups is 1. The first-order valence-electron chi connectivity index (χ1n) is 6.46. The normalized spacial score (nSPS) is 11.5. The van der Waals surface area contributed by atoms with Gasteiger partial charge in [0.2, 0.25) is 0 Å². The van der Waals surface area contributed by atoms with Gasteiger partial charge < -0.3 is 16.3 Å². The lowest BCUT2D eigenvalue weighted by atomic mass is 10.1. The molecule has 0 saturated heterocycles. The number of aromatic nitrogens is 1. The van der Waals surface area contributed by atoms with Crippen LogP contribution in [-0.4, -0.2) is 22.6 Å². The maximum absolute atomic E-state index is 8.66. The average molecular weight is 270 g/mol. The number of hydrogen-bond donors (Lipinski definition) is 3. The van der Waals surface area contributed by atoms with Crippen molar-refractivity contribution < 1.29 is 5.21 Å². The van der Waals surface area contributed by atoms with Gasteiger partial charge in [-0.2, -0.15) is 0 Å². The molecule has 20 heavy (non-hydrogen) atoms. The molecule has 2 aromatic rings. The van der Waals surface area contributed by atoms with Crippen molar-refractivity contribution in [2.24, 2.45) is 10.9 Å². The quantitative estimate of drug-likeness (QED) is 0.244. The molecular weight excluding hydrogens is 252 g/mol. The van der Waals surface area contributed by atoms with Crippen molar-refractivity contribution in [3.05, 3.63) is 65.5 Å².